The zero-order valence-corrected chi connectivity index (χ0v) is 16.1. The van der Waals surface area contributed by atoms with Crippen LogP contribution in [0, 0.1) is 29.6 Å². The van der Waals surface area contributed by atoms with E-state index in [-0.39, 0.29) is 18.8 Å². The summed E-state index contributed by atoms with van der Waals surface area (Å²) < 4.78 is 57.4. The zero-order valence-electron chi connectivity index (χ0n) is 16.1. The predicted octanol–water partition coefficient (Wildman–Crippen LogP) is 7.02. The highest BCUT2D eigenvalue weighted by Crippen LogP contribution is 2.46. The summed E-state index contributed by atoms with van der Waals surface area (Å²) >= 11 is 0. The van der Waals surface area contributed by atoms with E-state index in [1.165, 1.54) is 12.8 Å². The molecule has 0 radical (unpaired) electrons. The Kier molecular flexibility index (Phi) is 8.07. The van der Waals surface area contributed by atoms with Crippen LogP contribution in [0.4, 0.5) is 17.6 Å². The van der Waals surface area contributed by atoms with Crippen molar-refractivity contribution in [3.8, 4) is 0 Å². The van der Waals surface area contributed by atoms with Crippen molar-refractivity contribution in [1.82, 2.24) is 0 Å². The van der Waals surface area contributed by atoms with Gasteiger partial charge in [-0.25, -0.2) is 17.6 Å². The van der Waals surface area contributed by atoms with Crippen molar-refractivity contribution in [3.63, 3.8) is 0 Å². The average Bonchev–Trinajstić information content (AvgIpc) is 2.52. The van der Waals surface area contributed by atoms with Gasteiger partial charge in [0.1, 0.15) is 24.7 Å². The maximum atomic E-state index is 14.7. The number of hydrogen-bond donors (Lipinski definition) is 0. The molecule has 2 fully saturated rings. The van der Waals surface area contributed by atoms with Crippen molar-refractivity contribution in [2.45, 2.75) is 103 Å². The van der Waals surface area contributed by atoms with E-state index >= 15 is 0 Å². The van der Waals surface area contributed by atoms with E-state index in [9.17, 15) is 17.6 Å². The molecule has 0 bridgehead atoms. The van der Waals surface area contributed by atoms with Crippen LogP contribution in [-0.4, -0.2) is 24.7 Å². The smallest absolute Gasteiger partial charge is 0.106 e. The maximum absolute atomic E-state index is 14.7. The van der Waals surface area contributed by atoms with E-state index in [4.69, 9.17) is 0 Å². The van der Waals surface area contributed by atoms with Crippen LogP contribution in [-0.2, 0) is 0 Å². The topological polar surface area (TPSA) is 0 Å². The van der Waals surface area contributed by atoms with Gasteiger partial charge in [-0.3, -0.25) is 0 Å². The molecule has 0 aliphatic heterocycles. The number of rotatable bonds is 7. The van der Waals surface area contributed by atoms with Crippen molar-refractivity contribution in [1.29, 1.82) is 0 Å². The molecular formula is C21H36F4. The van der Waals surface area contributed by atoms with Gasteiger partial charge in [0.2, 0.25) is 0 Å². The van der Waals surface area contributed by atoms with Crippen LogP contribution < -0.4 is 0 Å². The first-order valence-corrected chi connectivity index (χ1v) is 10.4. The Morgan fingerprint density at radius 3 is 1.92 bits per heavy atom. The Hall–Kier alpha value is -0.280. The minimum atomic E-state index is -1.27. The minimum Gasteiger partial charge on any atom is -0.247 e. The second-order valence-corrected chi connectivity index (χ2v) is 8.89. The maximum Gasteiger partial charge on any atom is 0.106 e. The van der Waals surface area contributed by atoms with Gasteiger partial charge in [-0.1, -0.05) is 52.9 Å². The van der Waals surface area contributed by atoms with Crippen molar-refractivity contribution >= 4 is 0 Å². The van der Waals surface area contributed by atoms with Gasteiger partial charge in [-0.15, -0.1) is 0 Å². The van der Waals surface area contributed by atoms with Crippen LogP contribution in [0.15, 0.2) is 0 Å². The molecule has 2 aliphatic carbocycles. The number of halogens is 4. The largest absolute Gasteiger partial charge is 0.247 e. The normalized spacial score (nSPS) is 43.8. The summed E-state index contributed by atoms with van der Waals surface area (Å²) in [4.78, 5) is 0. The summed E-state index contributed by atoms with van der Waals surface area (Å²) in [6.45, 7) is 5.97. The first-order valence-electron chi connectivity index (χ1n) is 10.4. The summed E-state index contributed by atoms with van der Waals surface area (Å²) in [6.07, 6.45) is 1.33. The quantitative estimate of drug-likeness (QED) is 0.426. The molecule has 0 N–H and O–H groups in total. The SMILES string of the molecule is CCCC(C)CCCC1CC(F)C(C2CC(F)C(C)C(F)C2)C(F)C1. The van der Waals surface area contributed by atoms with Gasteiger partial charge in [0.25, 0.3) is 0 Å². The molecular weight excluding hydrogens is 328 g/mol. The van der Waals surface area contributed by atoms with Gasteiger partial charge in [-0.2, -0.15) is 0 Å². The molecule has 25 heavy (non-hydrogen) atoms. The molecule has 0 amide bonds. The summed E-state index contributed by atoms with van der Waals surface area (Å²) in [5.41, 5.74) is 0. The van der Waals surface area contributed by atoms with Gasteiger partial charge in [-0.05, 0) is 43.4 Å². The van der Waals surface area contributed by atoms with Crippen molar-refractivity contribution < 1.29 is 17.6 Å². The Bertz CT molecular complexity index is 364. The molecule has 0 aromatic carbocycles. The Balaban J connectivity index is 1.83. The lowest BCUT2D eigenvalue weighted by atomic mass is 9.66. The first kappa shape index (κ1) is 21.0. The fourth-order valence-corrected chi connectivity index (χ4v) is 5.14. The molecule has 0 aromatic heterocycles. The third kappa shape index (κ3) is 5.60. The molecule has 0 saturated heterocycles. The monoisotopic (exact) mass is 364 g/mol. The summed E-state index contributed by atoms with van der Waals surface area (Å²) in [5.74, 6) is -1.18. The van der Waals surface area contributed by atoms with E-state index in [0.29, 0.717) is 18.8 Å². The summed E-state index contributed by atoms with van der Waals surface area (Å²) in [5, 5.41) is 0. The number of alkyl halides is 4. The standard InChI is InChI=1S/C21H36F4/c1-4-6-13(2)7-5-8-15-9-19(24)21(20(25)10-15)16-11-17(22)14(3)18(23)12-16/h13-21H,4-12H2,1-3H3. The van der Waals surface area contributed by atoms with Gasteiger partial charge in [0.05, 0.1) is 0 Å². The van der Waals surface area contributed by atoms with Crippen molar-refractivity contribution in [2.75, 3.05) is 0 Å². The fraction of sp³-hybridized carbons (Fsp3) is 1.00. The molecule has 2 saturated carbocycles. The van der Waals surface area contributed by atoms with E-state index in [2.05, 4.69) is 13.8 Å². The minimum absolute atomic E-state index is 0.0833. The van der Waals surface area contributed by atoms with Crippen LogP contribution >= 0.6 is 0 Å². The Morgan fingerprint density at radius 2 is 1.40 bits per heavy atom. The predicted molar refractivity (Wildman–Crippen MR) is 95.6 cm³/mol. The fourth-order valence-electron chi connectivity index (χ4n) is 5.14. The van der Waals surface area contributed by atoms with Gasteiger partial charge in [0, 0.05) is 11.8 Å². The third-order valence-corrected chi connectivity index (χ3v) is 6.78. The Labute approximate surface area is 151 Å². The second-order valence-electron chi connectivity index (χ2n) is 8.89. The van der Waals surface area contributed by atoms with Crippen molar-refractivity contribution in [3.05, 3.63) is 0 Å². The van der Waals surface area contributed by atoms with Crippen LogP contribution in [0.1, 0.15) is 78.6 Å². The average molecular weight is 365 g/mol. The molecule has 0 nitrogen and oxygen atoms in total. The molecule has 2 aliphatic rings. The molecule has 0 heterocycles. The highest BCUT2D eigenvalue weighted by Gasteiger charge is 2.47. The van der Waals surface area contributed by atoms with Crippen molar-refractivity contribution in [2.24, 2.45) is 29.6 Å². The van der Waals surface area contributed by atoms with Crippen LogP contribution in [0.5, 0.6) is 0 Å². The van der Waals surface area contributed by atoms with Gasteiger partial charge in [0.15, 0.2) is 0 Å². The molecule has 5 atom stereocenters. The highest BCUT2D eigenvalue weighted by molar-refractivity contribution is 4.95. The van der Waals surface area contributed by atoms with E-state index < -0.39 is 42.4 Å². The third-order valence-electron chi connectivity index (χ3n) is 6.78. The lowest BCUT2D eigenvalue weighted by molar-refractivity contribution is -0.0412. The molecule has 2 rings (SSSR count). The lowest BCUT2D eigenvalue weighted by Gasteiger charge is -2.43. The van der Waals surface area contributed by atoms with Crippen LogP contribution in [0.25, 0.3) is 0 Å². The molecule has 148 valence electrons. The second kappa shape index (κ2) is 9.60. The first-order chi connectivity index (χ1) is 11.8. The van der Waals surface area contributed by atoms with E-state index in [1.54, 1.807) is 6.92 Å². The molecule has 0 spiro atoms. The number of hydrogen-bond acceptors (Lipinski definition) is 0. The van der Waals surface area contributed by atoms with Gasteiger partial charge >= 0.3 is 0 Å². The molecule has 4 heteroatoms. The van der Waals surface area contributed by atoms with E-state index in [0.717, 1.165) is 19.3 Å². The van der Waals surface area contributed by atoms with Crippen LogP contribution in [0.2, 0.25) is 0 Å². The van der Waals surface area contributed by atoms with Gasteiger partial charge < -0.3 is 0 Å². The molecule has 0 aromatic rings. The summed E-state index contributed by atoms with van der Waals surface area (Å²) in [7, 11) is 0. The Morgan fingerprint density at radius 1 is 0.840 bits per heavy atom. The zero-order chi connectivity index (χ0) is 18.6. The molecule has 5 unspecified atom stereocenters. The van der Waals surface area contributed by atoms with Crippen LogP contribution in [0.3, 0.4) is 0 Å². The highest BCUT2D eigenvalue weighted by atomic mass is 19.2. The summed E-state index contributed by atoms with van der Waals surface area (Å²) in [6, 6.07) is 0. The lowest BCUT2D eigenvalue weighted by Crippen LogP contribution is -2.45. The van der Waals surface area contributed by atoms with E-state index in [1.807, 2.05) is 0 Å².